The standard InChI is InChI=1S/C11H13BrN2O2/c12-9-1-2-11(13-7-9)16-10-3-4-14(8-10)5-6-15/h1-2,6-7,10H,3-5,8H2. The zero-order valence-corrected chi connectivity index (χ0v) is 10.4. The molecule has 16 heavy (non-hydrogen) atoms. The molecule has 1 saturated heterocycles. The Morgan fingerprint density at radius 1 is 1.62 bits per heavy atom. The number of carbonyl (C=O) groups is 1. The third-order valence-corrected chi connectivity index (χ3v) is 3.02. The molecule has 1 aromatic heterocycles. The molecule has 1 aliphatic rings. The molecule has 0 N–H and O–H groups in total. The van der Waals surface area contributed by atoms with Crippen LogP contribution in [0.4, 0.5) is 0 Å². The maximum absolute atomic E-state index is 10.4. The maximum atomic E-state index is 10.4. The Hall–Kier alpha value is -0.940. The first-order valence-electron chi connectivity index (χ1n) is 5.22. The molecular formula is C11H13BrN2O2. The number of hydrogen-bond acceptors (Lipinski definition) is 4. The van der Waals surface area contributed by atoms with Crippen molar-refractivity contribution in [3.63, 3.8) is 0 Å². The van der Waals surface area contributed by atoms with Crippen LogP contribution < -0.4 is 4.74 Å². The van der Waals surface area contributed by atoms with Crippen LogP contribution in [0.2, 0.25) is 0 Å². The van der Waals surface area contributed by atoms with Crippen LogP contribution in [0.1, 0.15) is 6.42 Å². The van der Waals surface area contributed by atoms with Crippen LogP contribution in [0.5, 0.6) is 5.88 Å². The topological polar surface area (TPSA) is 42.4 Å². The van der Waals surface area contributed by atoms with E-state index in [0.29, 0.717) is 12.4 Å². The van der Waals surface area contributed by atoms with Crippen LogP contribution in [0, 0.1) is 0 Å². The van der Waals surface area contributed by atoms with Gasteiger partial charge in [0.2, 0.25) is 5.88 Å². The first-order chi connectivity index (χ1) is 7.78. The molecule has 0 saturated carbocycles. The van der Waals surface area contributed by atoms with Gasteiger partial charge < -0.3 is 9.53 Å². The Labute approximate surface area is 103 Å². The molecule has 0 aliphatic carbocycles. The van der Waals surface area contributed by atoms with Gasteiger partial charge in [0.05, 0.1) is 6.54 Å². The summed E-state index contributed by atoms with van der Waals surface area (Å²) in [4.78, 5) is 16.6. The van der Waals surface area contributed by atoms with Gasteiger partial charge in [-0.25, -0.2) is 4.98 Å². The summed E-state index contributed by atoms with van der Waals surface area (Å²) in [7, 11) is 0. The second kappa shape index (κ2) is 5.41. The summed E-state index contributed by atoms with van der Waals surface area (Å²) in [6.07, 6.45) is 3.74. The fourth-order valence-corrected chi connectivity index (χ4v) is 2.00. The van der Waals surface area contributed by atoms with E-state index in [-0.39, 0.29) is 6.10 Å². The summed E-state index contributed by atoms with van der Waals surface area (Å²) in [5, 5.41) is 0. The zero-order chi connectivity index (χ0) is 11.4. The van der Waals surface area contributed by atoms with Gasteiger partial charge in [-0.15, -0.1) is 0 Å². The van der Waals surface area contributed by atoms with E-state index >= 15 is 0 Å². The lowest BCUT2D eigenvalue weighted by Gasteiger charge is -2.13. The van der Waals surface area contributed by atoms with Gasteiger partial charge in [0, 0.05) is 29.8 Å². The van der Waals surface area contributed by atoms with Crippen molar-refractivity contribution in [3.05, 3.63) is 22.8 Å². The second-order valence-electron chi connectivity index (χ2n) is 3.77. The van der Waals surface area contributed by atoms with Crippen LogP contribution in [-0.4, -0.2) is 41.9 Å². The summed E-state index contributed by atoms with van der Waals surface area (Å²) >= 11 is 3.32. The second-order valence-corrected chi connectivity index (χ2v) is 4.69. The van der Waals surface area contributed by atoms with Crippen LogP contribution in [0.15, 0.2) is 22.8 Å². The molecule has 1 unspecified atom stereocenters. The third-order valence-electron chi connectivity index (χ3n) is 2.55. The number of likely N-dealkylation sites (tertiary alicyclic amines) is 1. The van der Waals surface area contributed by atoms with Gasteiger partial charge in [0.15, 0.2) is 0 Å². The van der Waals surface area contributed by atoms with Gasteiger partial charge in [-0.05, 0) is 28.4 Å². The molecule has 0 radical (unpaired) electrons. The molecular weight excluding hydrogens is 272 g/mol. The number of aldehydes is 1. The Morgan fingerprint density at radius 3 is 3.19 bits per heavy atom. The average Bonchev–Trinajstić information content (AvgIpc) is 2.70. The van der Waals surface area contributed by atoms with E-state index < -0.39 is 0 Å². The summed E-state index contributed by atoms with van der Waals surface area (Å²) in [6.45, 7) is 2.21. The highest BCUT2D eigenvalue weighted by Gasteiger charge is 2.23. The van der Waals surface area contributed by atoms with Gasteiger partial charge in [-0.1, -0.05) is 0 Å². The molecule has 86 valence electrons. The summed E-state index contributed by atoms with van der Waals surface area (Å²) in [5.74, 6) is 0.640. The maximum Gasteiger partial charge on any atom is 0.213 e. The number of carbonyl (C=O) groups excluding carboxylic acids is 1. The first-order valence-corrected chi connectivity index (χ1v) is 6.01. The van der Waals surface area contributed by atoms with Crippen molar-refractivity contribution < 1.29 is 9.53 Å². The first kappa shape index (κ1) is 11.5. The van der Waals surface area contributed by atoms with E-state index in [4.69, 9.17) is 4.74 Å². The molecule has 1 aliphatic heterocycles. The molecule has 0 amide bonds. The lowest BCUT2D eigenvalue weighted by molar-refractivity contribution is -0.108. The number of rotatable bonds is 4. The number of halogens is 1. The van der Waals surface area contributed by atoms with Crippen molar-refractivity contribution in [1.82, 2.24) is 9.88 Å². The van der Waals surface area contributed by atoms with Gasteiger partial charge >= 0.3 is 0 Å². The quantitative estimate of drug-likeness (QED) is 0.786. The summed E-state index contributed by atoms with van der Waals surface area (Å²) in [6, 6.07) is 3.74. The normalized spacial score (nSPS) is 20.9. The van der Waals surface area contributed by atoms with E-state index in [1.54, 1.807) is 6.20 Å². The van der Waals surface area contributed by atoms with Crippen molar-refractivity contribution in [3.8, 4) is 5.88 Å². The highest BCUT2D eigenvalue weighted by Crippen LogP contribution is 2.17. The molecule has 0 bridgehead atoms. The van der Waals surface area contributed by atoms with E-state index in [2.05, 4.69) is 25.8 Å². The largest absolute Gasteiger partial charge is 0.473 e. The predicted octanol–water partition coefficient (Wildman–Crippen LogP) is 1.50. The highest BCUT2D eigenvalue weighted by atomic mass is 79.9. The minimum absolute atomic E-state index is 0.147. The van der Waals surface area contributed by atoms with E-state index in [9.17, 15) is 4.79 Å². The van der Waals surface area contributed by atoms with Crippen LogP contribution >= 0.6 is 15.9 Å². The number of pyridine rings is 1. The van der Waals surface area contributed by atoms with Crippen molar-refractivity contribution in [1.29, 1.82) is 0 Å². The van der Waals surface area contributed by atoms with E-state index in [1.165, 1.54) is 0 Å². The molecule has 5 heteroatoms. The summed E-state index contributed by atoms with van der Waals surface area (Å²) in [5.41, 5.74) is 0. The Morgan fingerprint density at radius 2 is 2.50 bits per heavy atom. The Kier molecular flexibility index (Phi) is 3.90. The third kappa shape index (κ3) is 3.02. The van der Waals surface area contributed by atoms with Gasteiger partial charge in [-0.2, -0.15) is 0 Å². The molecule has 4 nitrogen and oxygen atoms in total. The Bertz CT molecular complexity index is 356. The molecule has 2 heterocycles. The molecule has 1 atom stereocenters. The lowest BCUT2D eigenvalue weighted by atomic mass is 10.3. The van der Waals surface area contributed by atoms with E-state index in [1.807, 2.05) is 12.1 Å². The smallest absolute Gasteiger partial charge is 0.213 e. The summed E-state index contributed by atoms with van der Waals surface area (Å²) < 4.78 is 6.66. The fraction of sp³-hybridized carbons (Fsp3) is 0.455. The van der Waals surface area contributed by atoms with Crippen LogP contribution in [0.3, 0.4) is 0 Å². The molecule has 1 aromatic rings. The van der Waals surface area contributed by atoms with Gasteiger partial charge in [0.1, 0.15) is 12.4 Å². The van der Waals surface area contributed by atoms with Crippen molar-refractivity contribution in [2.24, 2.45) is 0 Å². The number of nitrogens with zero attached hydrogens (tertiary/aromatic N) is 2. The predicted molar refractivity (Wildman–Crippen MR) is 63.5 cm³/mol. The van der Waals surface area contributed by atoms with Crippen LogP contribution in [-0.2, 0) is 4.79 Å². The monoisotopic (exact) mass is 284 g/mol. The molecule has 1 fully saturated rings. The van der Waals surface area contributed by atoms with Gasteiger partial charge in [-0.3, -0.25) is 4.90 Å². The number of ether oxygens (including phenoxy) is 1. The van der Waals surface area contributed by atoms with Crippen molar-refractivity contribution >= 4 is 22.2 Å². The molecule has 0 spiro atoms. The zero-order valence-electron chi connectivity index (χ0n) is 8.80. The van der Waals surface area contributed by atoms with Gasteiger partial charge in [0.25, 0.3) is 0 Å². The number of hydrogen-bond donors (Lipinski definition) is 0. The Balaban J connectivity index is 1.87. The molecule has 2 rings (SSSR count). The average molecular weight is 285 g/mol. The van der Waals surface area contributed by atoms with Crippen LogP contribution in [0.25, 0.3) is 0 Å². The minimum Gasteiger partial charge on any atom is -0.473 e. The number of aromatic nitrogens is 1. The van der Waals surface area contributed by atoms with Crippen molar-refractivity contribution in [2.75, 3.05) is 19.6 Å². The lowest BCUT2D eigenvalue weighted by Crippen LogP contribution is -2.26. The molecule has 0 aromatic carbocycles. The fourth-order valence-electron chi connectivity index (χ4n) is 1.77. The SMILES string of the molecule is O=CCN1CCC(Oc2ccc(Br)cn2)C1. The highest BCUT2D eigenvalue weighted by molar-refractivity contribution is 9.10. The van der Waals surface area contributed by atoms with E-state index in [0.717, 1.165) is 30.3 Å². The van der Waals surface area contributed by atoms with Crippen molar-refractivity contribution in [2.45, 2.75) is 12.5 Å². The minimum atomic E-state index is 0.147.